The van der Waals surface area contributed by atoms with Gasteiger partial charge in [0.25, 0.3) is 0 Å². The molecule has 4 heteroatoms. The lowest BCUT2D eigenvalue weighted by molar-refractivity contribution is 0.318. The summed E-state index contributed by atoms with van der Waals surface area (Å²) >= 11 is 0. The molecule has 2 atom stereocenters. The van der Waals surface area contributed by atoms with E-state index in [2.05, 4.69) is 11.4 Å². The second-order valence-electron chi connectivity index (χ2n) is 3.40. The molecule has 0 saturated carbocycles. The Balaban J connectivity index is 2.68. The third-order valence-electron chi connectivity index (χ3n) is 2.26. The molecule has 0 amide bonds. The lowest BCUT2D eigenvalue weighted by atomic mass is 10.1. The van der Waals surface area contributed by atoms with Crippen molar-refractivity contribution in [3.63, 3.8) is 0 Å². The van der Waals surface area contributed by atoms with Gasteiger partial charge in [-0.15, -0.1) is 0 Å². The fourth-order valence-corrected chi connectivity index (χ4v) is 2.11. The van der Waals surface area contributed by atoms with E-state index in [1.54, 1.807) is 0 Å². The average Bonchev–Trinajstić information content (AvgIpc) is 2.30. The molecule has 1 unspecified atom stereocenters. The highest BCUT2D eigenvalue weighted by Crippen LogP contribution is 2.44. The van der Waals surface area contributed by atoms with Gasteiger partial charge in [0.15, 0.2) is 0 Å². The highest BCUT2D eigenvalue weighted by molar-refractivity contribution is 7.53. The highest BCUT2D eigenvalue weighted by Gasteiger charge is 2.21. The van der Waals surface area contributed by atoms with Gasteiger partial charge in [-0.3, -0.25) is 4.57 Å². The van der Waals surface area contributed by atoms with E-state index >= 15 is 0 Å². The quantitative estimate of drug-likeness (QED) is 0.714. The lowest BCUT2D eigenvalue weighted by Crippen LogP contribution is -1.92. The van der Waals surface area contributed by atoms with Gasteiger partial charge in [-0.05, 0) is 18.4 Å². The van der Waals surface area contributed by atoms with E-state index in [9.17, 15) is 9.46 Å². The first-order chi connectivity index (χ1) is 5.94. The molecule has 0 aromatic carbocycles. The molecular weight excluding hydrogens is 187 g/mol. The largest absolute Gasteiger partial charge is 0.332 e. The molecule has 0 aliphatic heterocycles. The molecule has 0 spiro atoms. The Bertz CT molecular complexity index is 304. The fraction of sp³-hybridized carbons (Fsp3) is 0.556. The molecule has 3 nitrogen and oxygen atoms in total. The standard InChI is InChI=1S/C9H15O3P/c1-7-4-9(5-8(7)2)6-13(10,11)12-3/h4-5,7H,6H2,1-3H3,(H,10,11)/t7-/m1/s1. The molecule has 0 fully saturated rings. The maximum atomic E-state index is 11.2. The Morgan fingerprint density at radius 3 is 2.69 bits per heavy atom. The summed E-state index contributed by atoms with van der Waals surface area (Å²) < 4.78 is 15.7. The Labute approximate surface area is 78.6 Å². The minimum absolute atomic E-state index is 0.116. The Hall–Kier alpha value is -0.370. The summed E-state index contributed by atoms with van der Waals surface area (Å²) in [6.45, 7) is 4.08. The summed E-state index contributed by atoms with van der Waals surface area (Å²) in [5, 5.41) is 0. The summed E-state index contributed by atoms with van der Waals surface area (Å²) in [5.41, 5.74) is 2.13. The Morgan fingerprint density at radius 1 is 1.69 bits per heavy atom. The summed E-state index contributed by atoms with van der Waals surface area (Å²) in [5.74, 6) is 0.381. The van der Waals surface area contributed by atoms with Crippen molar-refractivity contribution in [3.05, 3.63) is 23.3 Å². The number of hydrogen-bond donors (Lipinski definition) is 1. The van der Waals surface area contributed by atoms with Crippen LogP contribution in [0.1, 0.15) is 13.8 Å². The molecule has 1 N–H and O–H groups in total. The first kappa shape index (κ1) is 10.7. The molecule has 13 heavy (non-hydrogen) atoms. The van der Waals surface area contributed by atoms with Gasteiger partial charge >= 0.3 is 7.60 Å². The minimum Gasteiger partial charge on any atom is -0.324 e. The molecule has 1 aliphatic carbocycles. The monoisotopic (exact) mass is 202 g/mol. The molecule has 1 aliphatic rings. The van der Waals surface area contributed by atoms with Crippen molar-refractivity contribution < 1.29 is 14.0 Å². The summed E-state index contributed by atoms with van der Waals surface area (Å²) in [7, 11) is -2.13. The molecule has 0 radical (unpaired) electrons. The molecule has 0 heterocycles. The van der Waals surface area contributed by atoms with Gasteiger partial charge in [-0.1, -0.05) is 24.6 Å². The molecule has 0 aromatic heterocycles. The number of allylic oxidation sites excluding steroid dienone is 4. The van der Waals surface area contributed by atoms with Crippen molar-refractivity contribution in [3.8, 4) is 0 Å². The zero-order chi connectivity index (χ0) is 10.1. The Morgan fingerprint density at radius 2 is 2.31 bits per heavy atom. The van der Waals surface area contributed by atoms with Crippen LogP contribution >= 0.6 is 7.60 Å². The van der Waals surface area contributed by atoms with Gasteiger partial charge in [0.2, 0.25) is 0 Å². The predicted molar refractivity (Wildman–Crippen MR) is 52.7 cm³/mol. The van der Waals surface area contributed by atoms with Crippen LogP contribution in [0.2, 0.25) is 0 Å². The van der Waals surface area contributed by atoms with Gasteiger partial charge in [0.05, 0.1) is 6.16 Å². The van der Waals surface area contributed by atoms with Crippen molar-refractivity contribution in [2.75, 3.05) is 13.3 Å². The SMILES string of the molecule is COP(=O)(O)CC1=C[C@@H](C)C(C)=C1. The van der Waals surface area contributed by atoms with Crippen LogP contribution in [-0.4, -0.2) is 18.2 Å². The second kappa shape index (κ2) is 3.79. The highest BCUT2D eigenvalue weighted by atomic mass is 31.2. The average molecular weight is 202 g/mol. The molecular formula is C9H15O3P. The van der Waals surface area contributed by atoms with Gasteiger partial charge in [-0.25, -0.2) is 0 Å². The lowest BCUT2D eigenvalue weighted by Gasteiger charge is -2.07. The maximum Gasteiger partial charge on any atom is 0.332 e. The topological polar surface area (TPSA) is 46.5 Å². The van der Waals surface area contributed by atoms with E-state index in [-0.39, 0.29) is 6.16 Å². The van der Waals surface area contributed by atoms with E-state index in [1.165, 1.54) is 12.7 Å². The molecule has 0 aromatic rings. The van der Waals surface area contributed by atoms with Crippen LogP contribution in [0.25, 0.3) is 0 Å². The third-order valence-corrected chi connectivity index (χ3v) is 3.60. The summed E-state index contributed by atoms with van der Waals surface area (Å²) in [6, 6.07) is 0. The summed E-state index contributed by atoms with van der Waals surface area (Å²) in [6.07, 6.45) is 4.06. The zero-order valence-corrected chi connectivity index (χ0v) is 9.04. The molecule has 0 bridgehead atoms. The first-order valence-corrected chi connectivity index (χ1v) is 5.97. The van der Waals surface area contributed by atoms with Crippen molar-refractivity contribution >= 4 is 7.60 Å². The Kier molecular flexibility index (Phi) is 3.12. The van der Waals surface area contributed by atoms with E-state index < -0.39 is 7.60 Å². The maximum absolute atomic E-state index is 11.2. The van der Waals surface area contributed by atoms with E-state index in [0.29, 0.717) is 5.92 Å². The van der Waals surface area contributed by atoms with Crippen LogP contribution in [0.5, 0.6) is 0 Å². The van der Waals surface area contributed by atoms with Crippen molar-refractivity contribution in [1.82, 2.24) is 0 Å². The summed E-state index contributed by atoms with van der Waals surface area (Å²) in [4.78, 5) is 9.22. The van der Waals surface area contributed by atoms with Crippen LogP contribution in [-0.2, 0) is 9.09 Å². The van der Waals surface area contributed by atoms with Crippen LogP contribution < -0.4 is 0 Å². The van der Waals surface area contributed by atoms with Gasteiger partial charge < -0.3 is 9.42 Å². The van der Waals surface area contributed by atoms with Crippen molar-refractivity contribution in [2.24, 2.45) is 5.92 Å². The van der Waals surface area contributed by atoms with Gasteiger partial charge in [0, 0.05) is 7.11 Å². The normalized spacial score (nSPS) is 26.6. The number of rotatable bonds is 3. The third kappa shape index (κ3) is 2.80. The van der Waals surface area contributed by atoms with E-state index in [4.69, 9.17) is 0 Å². The van der Waals surface area contributed by atoms with Gasteiger partial charge in [0.1, 0.15) is 0 Å². The van der Waals surface area contributed by atoms with Crippen LogP contribution in [0, 0.1) is 5.92 Å². The molecule has 0 saturated heterocycles. The van der Waals surface area contributed by atoms with Crippen LogP contribution in [0.15, 0.2) is 23.3 Å². The zero-order valence-electron chi connectivity index (χ0n) is 8.15. The molecule has 74 valence electrons. The minimum atomic E-state index is -3.39. The van der Waals surface area contributed by atoms with Crippen molar-refractivity contribution in [2.45, 2.75) is 13.8 Å². The smallest absolute Gasteiger partial charge is 0.324 e. The van der Waals surface area contributed by atoms with E-state index in [0.717, 1.165) is 5.57 Å². The van der Waals surface area contributed by atoms with Gasteiger partial charge in [-0.2, -0.15) is 0 Å². The number of hydrogen-bond acceptors (Lipinski definition) is 2. The fourth-order valence-electron chi connectivity index (χ4n) is 1.32. The first-order valence-electron chi connectivity index (χ1n) is 4.21. The van der Waals surface area contributed by atoms with E-state index in [1.807, 2.05) is 19.1 Å². The molecule has 1 rings (SSSR count). The predicted octanol–water partition coefficient (Wildman–Crippen LogP) is 2.34. The van der Waals surface area contributed by atoms with Crippen LogP contribution in [0.4, 0.5) is 0 Å². The van der Waals surface area contributed by atoms with Crippen molar-refractivity contribution in [1.29, 1.82) is 0 Å². The van der Waals surface area contributed by atoms with Crippen LogP contribution in [0.3, 0.4) is 0 Å². The second-order valence-corrected chi connectivity index (χ2v) is 5.35.